The Morgan fingerprint density at radius 2 is 1.68 bits per heavy atom. The number of halogens is 2. The van der Waals surface area contributed by atoms with Crippen LogP contribution in [0.5, 0.6) is 0 Å². The maximum atomic E-state index is 5.48. The number of fused-ring (bicyclic) bond motifs is 1. The topological polar surface area (TPSA) is 20.7 Å². The third-order valence-electron chi connectivity index (χ3n) is 3.09. The van der Waals surface area contributed by atoms with Gasteiger partial charge in [-0.3, -0.25) is 4.57 Å². The highest BCUT2D eigenvalue weighted by atomic mass is 79.9. The first kappa shape index (κ1) is 13.1. The quantitative estimate of drug-likeness (QED) is 0.536. The maximum Gasteiger partial charge on any atom is 0.182 e. The number of hydrogen-bond acceptors (Lipinski definition) is 1. The van der Waals surface area contributed by atoms with Crippen molar-refractivity contribution in [3.63, 3.8) is 0 Å². The van der Waals surface area contributed by atoms with E-state index in [2.05, 4.69) is 55.9 Å². The molecule has 0 atom stereocenters. The van der Waals surface area contributed by atoms with Crippen LogP contribution in [0.3, 0.4) is 0 Å². The fourth-order valence-electron chi connectivity index (χ4n) is 2.20. The van der Waals surface area contributed by atoms with Gasteiger partial charge in [0, 0.05) is 8.95 Å². The summed E-state index contributed by atoms with van der Waals surface area (Å²) in [6.07, 6.45) is 0. The molecule has 0 aliphatic rings. The fourth-order valence-corrected chi connectivity index (χ4v) is 3.84. The van der Waals surface area contributed by atoms with E-state index in [1.807, 2.05) is 28.8 Å². The summed E-state index contributed by atoms with van der Waals surface area (Å²) < 4.78 is 4.74. The number of rotatable bonds is 1. The fraction of sp³-hybridized carbons (Fsp3) is 0.0714. The minimum atomic E-state index is 0.692. The third kappa shape index (κ3) is 2.10. The van der Waals surface area contributed by atoms with E-state index in [0.717, 1.165) is 25.7 Å². The molecule has 0 unspecified atom stereocenters. The number of aromatic nitrogens is 2. The van der Waals surface area contributed by atoms with Crippen molar-refractivity contribution < 1.29 is 0 Å². The van der Waals surface area contributed by atoms with E-state index >= 15 is 0 Å². The lowest BCUT2D eigenvalue weighted by Crippen LogP contribution is -1.96. The van der Waals surface area contributed by atoms with Crippen LogP contribution in [0.15, 0.2) is 45.3 Å². The number of nitrogens with one attached hydrogen (secondary N) is 1. The Hall–Kier alpha value is -0.910. The zero-order valence-electron chi connectivity index (χ0n) is 10.1. The molecule has 0 fully saturated rings. The molecule has 0 spiro atoms. The second kappa shape index (κ2) is 4.89. The van der Waals surface area contributed by atoms with Crippen LogP contribution < -0.4 is 0 Å². The summed E-state index contributed by atoms with van der Waals surface area (Å²) in [5.41, 5.74) is 4.36. The van der Waals surface area contributed by atoms with Gasteiger partial charge >= 0.3 is 0 Å². The maximum absolute atomic E-state index is 5.48. The molecule has 1 N–H and O–H groups in total. The monoisotopic (exact) mass is 396 g/mol. The molecule has 3 rings (SSSR count). The molecule has 0 aliphatic carbocycles. The number of benzene rings is 2. The zero-order valence-corrected chi connectivity index (χ0v) is 14.1. The van der Waals surface area contributed by atoms with Gasteiger partial charge in [-0.15, -0.1) is 0 Å². The number of hydrogen-bond donors (Lipinski definition) is 1. The molecule has 0 radical (unpaired) electrons. The van der Waals surface area contributed by atoms with Crippen molar-refractivity contribution in [2.45, 2.75) is 6.92 Å². The predicted octanol–water partition coefficient (Wildman–Crippen LogP) is 5.52. The molecule has 0 aliphatic heterocycles. The van der Waals surface area contributed by atoms with Gasteiger partial charge in [-0.25, -0.2) is 0 Å². The Labute approximate surface area is 132 Å². The number of aromatic amines is 1. The highest BCUT2D eigenvalue weighted by Crippen LogP contribution is 2.32. The molecule has 1 heterocycles. The van der Waals surface area contributed by atoms with Gasteiger partial charge in [0.1, 0.15) is 0 Å². The largest absolute Gasteiger partial charge is 0.330 e. The molecular weight excluding hydrogens is 388 g/mol. The summed E-state index contributed by atoms with van der Waals surface area (Å²) in [5, 5.41) is 0. The predicted molar refractivity (Wildman–Crippen MR) is 88.6 cm³/mol. The van der Waals surface area contributed by atoms with Crippen LogP contribution in [-0.4, -0.2) is 9.55 Å². The van der Waals surface area contributed by atoms with Gasteiger partial charge < -0.3 is 4.98 Å². The second-order valence-corrected chi connectivity index (χ2v) is 6.40. The Morgan fingerprint density at radius 1 is 1.05 bits per heavy atom. The molecule has 5 heteroatoms. The molecule has 19 heavy (non-hydrogen) atoms. The highest BCUT2D eigenvalue weighted by molar-refractivity contribution is 9.11. The minimum absolute atomic E-state index is 0.692. The smallest absolute Gasteiger partial charge is 0.182 e. The van der Waals surface area contributed by atoms with Crippen LogP contribution in [0.2, 0.25) is 0 Å². The molecule has 0 saturated heterocycles. The van der Waals surface area contributed by atoms with Gasteiger partial charge in [-0.2, -0.15) is 0 Å². The molecule has 2 aromatic carbocycles. The van der Waals surface area contributed by atoms with E-state index < -0.39 is 0 Å². The van der Waals surface area contributed by atoms with Crippen LogP contribution >= 0.6 is 44.1 Å². The van der Waals surface area contributed by atoms with Crippen molar-refractivity contribution in [1.82, 2.24) is 9.55 Å². The van der Waals surface area contributed by atoms with Crippen LogP contribution in [0.4, 0.5) is 0 Å². The van der Waals surface area contributed by atoms with Crippen LogP contribution in [0.25, 0.3) is 16.7 Å². The lowest BCUT2D eigenvalue weighted by molar-refractivity contribution is 1.05. The molecule has 0 saturated carbocycles. The van der Waals surface area contributed by atoms with Crippen molar-refractivity contribution in [3.8, 4) is 5.69 Å². The number of imidazole rings is 1. The van der Waals surface area contributed by atoms with E-state index in [-0.39, 0.29) is 0 Å². The Balaban J connectivity index is 2.47. The van der Waals surface area contributed by atoms with E-state index in [0.29, 0.717) is 4.77 Å². The Morgan fingerprint density at radius 3 is 2.37 bits per heavy atom. The van der Waals surface area contributed by atoms with Crippen molar-refractivity contribution in [2.24, 2.45) is 0 Å². The summed E-state index contributed by atoms with van der Waals surface area (Å²) in [6, 6.07) is 12.2. The summed E-state index contributed by atoms with van der Waals surface area (Å²) in [4.78, 5) is 3.28. The first-order valence-electron chi connectivity index (χ1n) is 5.74. The second-order valence-electron chi connectivity index (χ2n) is 4.30. The van der Waals surface area contributed by atoms with Gasteiger partial charge in [0.05, 0.1) is 16.7 Å². The molecule has 96 valence electrons. The summed E-state index contributed by atoms with van der Waals surface area (Å²) in [7, 11) is 0. The lowest BCUT2D eigenvalue weighted by atomic mass is 10.2. The van der Waals surface area contributed by atoms with Gasteiger partial charge in [-0.1, -0.05) is 18.2 Å². The number of para-hydroxylation sites is 2. The molecule has 0 amide bonds. The van der Waals surface area contributed by atoms with Crippen molar-refractivity contribution in [1.29, 1.82) is 0 Å². The van der Waals surface area contributed by atoms with E-state index in [4.69, 9.17) is 12.2 Å². The van der Waals surface area contributed by atoms with Crippen molar-refractivity contribution in [3.05, 3.63) is 55.7 Å². The Kier molecular flexibility index (Phi) is 3.37. The molecule has 0 bridgehead atoms. The van der Waals surface area contributed by atoms with Gasteiger partial charge in [0.25, 0.3) is 0 Å². The van der Waals surface area contributed by atoms with Gasteiger partial charge in [0.2, 0.25) is 0 Å². The zero-order chi connectivity index (χ0) is 13.6. The van der Waals surface area contributed by atoms with Crippen molar-refractivity contribution in [2.75, 3.05) is 0 Å². The summed E-state index contributed by atoms with van der Waals surface area (Å²) in [6.45, 7) is 2.08. The normalized spacial score (nSPS) is 11.1. The number of nitrogens with zero attached hydrogens (tertiary/aromatic N) is 1. The SMILES string of the molecule is Cc1cccc2c1[nH]c(=S)n2-c1c(Br)cccc1Br. The molecular formula is C14H10Br2N2S. The van der Waals surface area contributed by atoms with Crippen LogP contribution in [0.1, 0.15) is 5.56 Å². The van der Waals surface area contributed by atoms with Crippen LogP contribution in [-0.2, 0) is 0 Å². The number of aryl methyl sites for hydroxylation is 1. The van der Waals surface area contributed by atoms with E-state index in [1.54, 1.807) is 0 Å². The van der Waals surface area contributed by atoms with Crippen molar-refractivity contribution >= 4 is 55.1 Å². The van der Waals surface area contributed by atoms with Gasteiger partial charge in [0.15, 0.2) is 4.77 Å². The number of H-pyrrole nitrogens is 1. The Bertz CT molecular complexity index is 813. The first-order valence-corrected chi connectivity index (χ1v) is 7.74. The summed E-state index contributed by atoms with van der Waals surface area (Å²) >= 11 is 12.7. The van der Waals surface area contributed by atoms with Crippen LogP contribution in [0, 0.1) is 11.7 Å². The standard InChI is InChI=1S/C14H10Br2N2S/c1-8-4-2-7-11-12(8)17-14(19)18(11)13-9(15)5-3-6-10(13)16/h2-7H,1H3,(H,17,19). The molecule has 2 nitrogen and oxygen atoms in total. The lowest BCUT2D eigenvalue weighted by Gasteiger charge is -2.09. The summed E-state index contributed by atoms with van der Waals surface area (Å²) in [5.74, 6) is 0. The minimum Gasteiger partial charge on any atom is -0.330 e. The average Bonchev–Trinajstić information content (AvgIpc) is 2.68. The van der Waals surface area contributed by atoms with Gasteiger partial charge in [-0.05, 0) is 74.8 Å². The molecule has 1 aromatic heterocycles. The first-order chi connectivity index (χ1) is 9.09. The average molecular weight is 398 g/mol. The van der Waals surface area contributed by atoms with E-state index in [9.17, 15) is 0 Å². The third-order valence-corrected chi connectivity index (χ3v) is 4.65. The van der Waals surface area contributed by atoms with E-state index in [1.165, 1.54) is 5.56 Å². The molecule has 3 aromatic rings. The highest BCUT2D eigenvalue weighted by Gasteiger charge is 2.13.